The first-order valence-electron chi connectivity index (χ1n) is 8.80. The number of likely N-dealkylation sites (N-methyl/N-ethyl adjacent to an activating group) is 1. The molecule has 2 aromatic heterocycles. The number of hydrogen-bond acceptors (Lipinski definition) is 3. The zero-order valence-corrected chi connectivity index (χ0v) is 16.8. The van der Waals surface area contributed by atoms with Crippen molar-refractivity contribution in [3.8, 4) is 5.69 Å². The van der Waals surface area contributed by atoms with Gasteiger partial charge in [0.1, 0.15) is 5.82 Å². The smallest absolute Gasteiger partial charge is 0.253 e. The molecule has 0 aliphatic carbocycles. The maximum atomic E-state index is 14.2. The van der Waals surface area contributed by atoms with Crippen LogP contribution in [0.15, 0.2) is 47.2 Å². The molecule has 1 N–H and O–H groups in total. The van der Waals surface area contributed by atoms with Crippen molar-refractivity contribution in [3.63, 3.8) is 0 Å². The number of nitrogens with zero attached hydrogens (tertiary/aromatic N) is 2. The molecule has 6 heteroatoms. The Balaban J connectivity index is 1.82. The summed E-state index contributed by atoms with van der Waals surface area (Å²) >= 11 is 1.64. The van der Waals surface area contributed by atoms with Crippen molar-refractivity contribution < 1.29 is 9.18 Å². The van der Waals surface area contributed by atoms with E-state index in [4.69, 9.17) is 0 Å². The first-order chi connectivity index (χ1) is 12.9. The highest BCUT2D eigenvalue weighted by Gasteiger charge is 2.20. The van der Waals surface area contributed by atoms with Gasteiger partial charge in [0.25, 0.3) is 5.91 Å². The Bertz CT molecular complexity index is 931. The first-order valence-corrected chi connectivity index (χ1v) is 9.75. The molecule has 1 atom stereocenters. The summed E-state index contributed by atoms with van der Waals surface area (Å²) in [6, 6.07) is 10.6. The average Bonchev–Trinajstić information content (AvgIpc) is 3.24. The second-order valence-electron chi connectivity index (χ2n) is 6.82. The van der Waals surface area contributed by atoms with Gasteiger partial charge in [0.15, 0.2) is 0 Å². The summed E-state index contributed by atoms with van der Waals surface area (Å²) in [7, 11) is 4.00. The summed E-state index contributed by atoms with van der Waals surface area (Å²) in [6.07, 6.45) is 0. The minimum absolute atomic E-state index is 0.107. The number of halogens is 1. The van der Waals surface area contributed by atoms with Crippen LogP contribution in [0.25, 0.3) is 5.69 Å². The van der Waals surface area contributed by atoms with Crippen LogP contribution in [-0.4, -0.2) is 36.0 Å². The van der Waals surface area contributed by atoms with Gasteiger partial charge in [-0.3, -0.25) is 4.79 Å². The van der Waals surface area contributed by atoms with E-state index in [0.717, 1.165) is 11.4 Å². The highest BCUT2D eigenvalue weighted by molar-refractivity contribution is 7.07. The molecule has 4 nitrogen and oxygen atoms in total. The number of hydrogen-bond donors (Lipinski definition) is 1. The summed E-state index contributed by atoms with van der Waals surface area (Å²) in [4.78, 5) is 14.9. The summed E-state index contributed by atoms with van der Waals surface area (Å²) in [5.74, 6) is -0.454. The highest BCUT2D eigenvalue weighted by atomic mass is 32.1. The Morgan fingerprint density at radius 2 is 2.00 bits per heavy atom. The van der Waals surface area contributed by atoms with Crippen LogP contribution in [0.4, 0.5) is 4.39 Å². The number of para-hydroxylation sites is 1. The van der Waals surface area contributed by atoms with Crippen molar-refractivity contribution in [1.82, 2.24) is 14.8 Å². The second kappa shape index (κ2) is 8.06. The number of carbonyl (C=O) groups is 1. The summed E-state index contributed by atoms with van der Waals surface area (Å²) < 4.78 is 16.0. The fraction of sp³-hybridized carbons (Fsp3) is 0.286. The fourth-order valence-corrected chi connectivity index (χ4v) is 4.05. The number of rotatable bonds is 6. The molecular formula is C21H24FN3OS. The summed E-state index contributed by atoms with van der Waals surface area (Å²) in [5.41, 5.74) is 3.76. The minimum Gasteiger partial charge on any atom is -0.350 e. The number of aromatic nitrogens is 1. The van der Waals surface area contributed by atoms with Gasteiger partial charge in [0, 0.05) is 17.9 Å². The fourth-order valence-electron chi connectivity index (χ4n) is 3.34. The maximum Gasteiger partial charge on any atom is 0.253 e. The highest BCUT2D eigenvalue weighted by Crippen LogP contribution is 2.24. The molecule has 3 aromatic rings. The van der Waals surface area contributed by atoms with Gasteiger partial charge in [-0.15, -0.1) is 0 Å². The van der Waals surface area contributed by atoms with Crippen molar-refractivity contribution in [2.45, 2.75) is 19.9 Å². The lowest BCUT2D eigenvalue weighted by Crippen LogP contribution is -2.34. The van der Waals surface area contributed by atoms with Gasteiger partial charge in [-0.2, -0.15) is 11.3 Å². The Hall–Kier alpha value is -2.44. The number of amides is 1. The maximum absolute atomic E-state index is 14.2. The zero-order valence-electron chi connectivity index (χ0n) is 16.0. The van der Waals surface area contributed by atoms with E-state index in [-0.39, 0.29) is 17.8 Å². The van der Waals surface area contributed by atoms with Crippen molar-refractivity contribution in [2.75, 3.05) is 20.6 Å². The molecule has 0 aliphatic heterocycles. The molecule has 3 rings (SSSR count). The predicted octanol–water partition coefficient (Wildman–Crippen LogP) is 4.33. The number of carbonyl (C=O) groups excluding carboxylic acids is 1. The Morgan fingerprint density at radius 1 is 1.26 bits per heavy atom. The van der Waals surface area contributed by atoms with Crippen molar-refractivity contribution >= 4 is 17.2 Å². The largest absolute Gasteiger partial charge is 0.350 e. The topological polar surface area (TPSA) is 37.3 Å². The van der Waals surface area contributed by atoms with E-state index in [9.17, 15) is 9.18 Å². The van der Waals surface area contributed by atoms with Crippen LogP contribution in [0.2, 0.25) is 0 Å². The molecular weight excluding hydrogens is 361 g/mol. The molecule has 0 radical (unpaired) electrons. The van der Waals surface area contributed by atoms with Gasteiger partial charge in [-0.25, -0.2) is 4.39 Å². The van der Waals surface area contributed by atoms with Crippen molar-refractivity contribution in [3.05, 3.63) is 75.5 Å². The van der Waals surface area contributed by atoms with Crippen LogP contribution in [0.3, 0.4) is 0 Å². The average molecular weight is 386 g/mol. The third-order valence-corrected chi connectivity index (χ3v) is 5.48. The van der Waals surface area contributed by atoms with Crippen LogP contribution in [-0.2, 0) is 0 Å². The lowest BCUT2D eigenvalue weighted by Gasteiger charge is -2.24. The molecule has 0 unspecified atom stereocenters. The normalized spacial score (nSPS) is 12.4. The lowest BCUT2D eigenvalue weighted by molar-refractivity contribution is 0.0941. The quantitative estimate of drug-likeness (QED) is 0.686. The van der Waals surface area contributed by atoms with Crippen molar-refractivity contribution in [1.29, 1.82) is 0 Å². The van der Waals surface area contributed by atoms with E-state index in [1.807, 2.05) is 39.4 Å². The monoisotopic (exact) mass is 385 g/mol. The van der Waals surface area contributed by atoms with Gasteiger partial charge < -0.3 is 14.8 Å². The van der Waals surface area contributed by atoms with E-state index < -0.39 is 0 Å². The molecule has 0 bridgehead atoms. The number of nitrogens with one attached hydrogen (secondary N) is 1. The van der Waals surface area contributed by atoms with E-state index in [1.54, 1.807) is 34.1 Å². The van der Waals surface area contributed by atoms with E-state index in [0.29, 0.717) is 17.8 Å². The molecule has 0 saturated heterocycles. The van der Waals surface area contributed by atoms with Crippen LogP contribution in [0.5, 0.6) is 0 Å². The molecule has 27 heavy (non-hydrogen) atoms. The third-order valence-electron chi connectivity index (χ3n) is 4.78. The number of benzene rings is 1. The van der Waals surface area contributed by atoms with E-state index in [2.05, 4.69) is 21.7 Å². The lowest BCUT2D eigenvalue weighted by atomic mass is 10.1. The Morgan fingerprint density at radius 3 is 2.63 bits per heavy atom. The zero-order chi connectivity index (χ0) is 19.6. The summed E-state index contributed by atoms with van der Waals surface area (Å²) in [5, 5.41) is 7.17. The van der Waals surface area contributed by atoms with Gasteiger partial charge >= 0.3 is 0 Å². The van der Waals surface area contributed by atoms with Crippen LogP contribution in [0, 0.1) is 19.7 Å². The Labute approximate surface area is 163 Å². The SMILES string of the molecule is Cc1cc(C(=O)NC[C@H](c2ccsc2)N(C)C)c(C)n1-c1ccccc1F. The van der Waals surface area contributed by atoms with E-state index >= 15 is 0 Å². The molecule has 1 aromatic carbocycles. The van der Waals surface area contributed by atoms with Gasteiger partial charge in [0.2, 0.25) is 0 Å². The molecule has 142 valence electrons. The molecule has 0 aliphatic rings. The number of thiophene rings is 1. The third kappa shape index (κ3) is 3.96. The second-order valence-corrected chi connectivity index (χ2v) is 7.60. The molecule has 0 fully saturated rings. The van der Waals surface area contributed by atoms with Gasteiger partial charge in [-0.1, -0.05) is 12.1 Å². The van der Waals surface area contributed by atoms with Gasteiger partial charge in [0.05, 0.1) is 17.3 Å². The van der Waals surface area contributed by atoms with Crippen LogP contribution >= 0.6 is 11.3 Å². The summed E-state index contributed by atoms with van der Waals surface area (Å²) in [6.45, 7) is 4.23. The number of aryl methyl sites for hydroxylation is 1. The standard InChI is InChI=1S/C21H24FN3OS/c1-14-11-17(15(2)25(14)19-8-6-5-7-18(19)22)21(26)23-12-20(24(3)4)16-9-10-27-13-16/h5-11,13,20H,12H2,1-4H3,(H,23,26)/t20-/m1/s1. The van der Waals surface area contributed by atoms with Crippen molar-refractivity contribution in [2.24, 2.45) is 0 Å². The van der Waals surface area contributed by atoms with Crippen LogP contribution in [0.1, 0.15) is 33.4 Å². The Kier molecular flexibility index (Phi) is 5.77. The molecule has 2 heterocycles. The van der Waals surface area contributed by atoms with Crippen LogP contribution < -0.4 is 5.32 Å². The predicted molar refractivity (Wildman–Crippen MR) is 108 cm³/mol. The molecule has 0 spiro atoms. The first kappa shape index (κ1) is 19.3. The molecule has 1 amide bonds. The minimum atomic E-state index is -0.309. The van der Waals surface area contributed by atoms with E-state index in [1.165, 1.54) is 11.6 Å². The molecule has 0 saturated carbocycles. The van der Waals surface area contributed by atoms with Gasteiger partial charge in [-0.05, 0) is 68.5 Å².